The Kier molecular flexibility index (Phi) is 2.06. The second-order valence-corrected chi connectivity index (χ2v) is 2.14. The molecule has 12 heavy (non-hydrogen) atoms. The van der Waals surface area contributed by atoms with Crippen molar-refractivity contribution < 1.29 is 9.90 Å². The normalized spacial score (nSPS) is 9.00. The van der Waals surface area contributed by atoms with Gasteiger partial charge in [0.25, 0.3) is 0 Å². The van der Waals surface area contributed by atoms with E-state index in [1.54, 1.807) is 6.92 Å². The van der Waals surface area contributed by atoms with Crippen LogP contribution in [0.5, 0.6) is 0 Å². The van der Waals surface area contributed by atoms with E-state index in [2.05, 4.69) is 15.9 Å². The Morgan fingerprint density at radius 3 is 2.83 bits per heavy atom. The van der Waals surface area contributed by atoms with E-state index in [1.807, 2.05) is 0 Å². The lowest BCUT2D eigenvalue weighted by Gasteiger charge is -1.96. The van der Waals surface area contributed by atoms with Crippen molar-refractivity contribution in [3.8, 4) is 12.3 Å². The summed E-state index contributed by atoms with van der Waals surface area (Å²) in [5.41, 5.74) is 0.218. The number of hydrogen-bond acceptors (Lipinski definition) is 3. The highest BCUT2D eigenvalue weighted by atomic mass is 16.4. The van der Waals surface area contributed by atoms with Crippen LogP contribution in [0.1, 0.15) is 22.0 Å². The van der Waals surface area contributed by atoms with Crippen LogP contribution in [0.2, 0.25) is 0 Å². The highest BCUT2D eigenvalue weighted by Crippen LogP contribution is 1.99. The number of rotatable bonds is 1. The van der Waals surface area contributed by atoms with E-state index >= 15 is 0 Å². The van der Waals surface area contributed by atoms with E-state index in [4.69, 9.17) is 11.5 Å². The molecule has 0 radical (unpaired) electrons. The molecule has 0 saturated carbocycles. The van der Waals surface area contributed by atoms with Gasteiger partial charge in [-0.15, -0.1) is 6.42 Å². The smallest absolute Gasteiger partial charge is 0.354 e. The monoisotopic (exact) mass is 162 g/mol. The topological polar surface area (TPSA) is 63.1 Å². The van der Waals surface area contributed by atoms with Gasteiger partial charge in [0.05, 0.1) is 0 Å². The van der Waals surface area contributed by atoms with Crippen LogP contribution in [0.4, 0.5) is 0 Å². The van der Waals surface area contributed by atoms with Gasteiger partial charge >= 0.3 is 5.97 Å². The first-order valence-electron chi connectivity index (χ1n) is 3.19. The van der Waals surface area contributed by atoms with E-state index in [9.17, 15) is 4.79 Å². The summed E-state index contributed by atoms with van der Waals surface area (Å²) in [6.45, 7) is 1.59. The minimum absolute atomic E-state index is 0.0737. The molecule has 4 nitrogen and oxygen atoms in total. The average molecular weight is 162 g/mol. The highest BCUT2D eigenvalue weighted by molar-refractivity contribution is 5.85. The Morgan fingerprint density at radius 2 is 2.33 bits per heavy atom. The van der Waals surface area contributed by atoms with Gasteiger partial charge in [0.2, 0.25) is 0 Å². The Hall–Kier alpha value is -1.89. The van der Waals surface area contributed by atoms with Crippen LogP contribution >= 0.6 is 0 Å². The number of aromatic carboxylic acids is 1. The summed E-state index contributed by atoms with van der Waals surface area (Å²) in [6, 6.07) is 1.26. The summed E-state index contributed by atoms with van der Waals surface area (Å²) in [7, 11) is 0. The van der Waals surface area contributed by atoms with Gasteiger partial charge in [0, 0.05) is 6.07 Å². The van der Waals surface area contributed by atoms with Crippen LogP contribution in [-0.2, 0) is 0 Å². The molecule has 0 amide bonds. The second kappa shape index (κ2) is 3.01. The molecule has 0 atom stereocenters. The predicted molar refractivity (Wildman–Crippen MR) is 41.7 cm³/mol. The summed E-state index contributed by atoms with van der Waals surface area (Å²) in [4.78, 5) is 18.0. The van der Waals surface area contributed by atoms with E-state index < -0.39 is 5.97 Å². The van der Waals surface area contributed by atoms with Gasteiger partial charge in [-0.2, -0.15) is 0 Å². The van der Waals surface area contributed by atoms with Crippen molar-refractivity contribution in [1.82, 2.24) is 9.97 Å². The van der Waals surface area contributed by atoms with Gasteiger partial charge in [-0.1, -0.05) is 5.92 Å². The standard InChI is InChI=1S/C8H6N2O2/c1-3-6-4-7(8(11)12)10-5(2)9-6/h1,4H,2H3,(H,11,12). The molecule has 1 rings (SSSR count). The van der Waals surface area contributed by atoms with Crippen molar-refractivity contribution in [2.75, 3.05) is 0 Å². The van der Waals surface area contributed by atoms with E-state index in [1.165, 1.54) is 6.07 Å². The molecule has 0 spiro atoms. The molecule has 0 aliphatic heterocycles. The number of carboxylic acid groups (broad SMARTS) is 1. The summed E-state index contributed by atoms with van der Waals surface area (Å²) in [6.07, 6.45) is 5.05. The van der Waals surface area contributed by atoms with Crippen molar-refractivity contribution in [2.45, 2.75) is 6.92 Å². The molecule has 0 bridgehead atoms. The third-order valence-corrected chi connectivity index (χ3v) is 1.20. The molecule has 60 valence electrons. The first-order chi connectivity index (χ1) is 5.63. The number of aromatic nitrogens is 2. The third-order valence-electron chi connectivity index (χ3n) is 1.20. The van der Waals surface area contributed by atoms with Crippen LogP contribution < -0.4 is 0 Å². The van der Waals surface area contributed by atoms with E-state index in [-0.39, 0.29) is 5.69 Å². The summed E-state index contributed by atoms with van der Waals surface area (Å²) in [5.74, 6) is 1.51. The predicted octanol–water partition coefficient (Wildman–Crippen LogP) is 0.465. The van der Waals surface area contributed by atoms with Gasteiger partial charge in [-0.05, 0) is 6.92 Å². The molecule has 0 unspecified atom stereocenters. The van der Waals surface area contributed by atoms with Crippen LogP contribution in [0.15, 0.2) is 6.07 Å². The minimum Gasteiger partial charge on any atom is -0.477 e. The van der Waals surface area contributed by atoms with E-state index in [0.29, 0.717) is 11.5 Å². The molecule has 0 aliphatic carbocycles. The molecule has 1 heterocycles. The van der Waals surface area contributed by atoms with Crippen LogP contribution in [0, 0.1) is 19.3 Å². The number of nitrogens with zero attached hydrogens (tertiary/aromatic N) is 2. The lowest BCUT2D eigenvalue weighted by atomic mass is 10.3. The van der Waals surface area contributed by atoms with Gasteiger partial charge in [-0.25, -0.2) is 14.8 Å². The van der Waals surface area contributed by atoms with Crippen molar-refractivity contribution in [3.05, 3.63) is 23.3 Å². The quantitative estimate of drug-likeness (QED) is 0.609. The maximum Gasteiger partial charge on any atom is 0.354 e. The van der Waals surface area contributed by atoms with Gasteiger partial charge in [-0.3, -0.25) is 0 Å². The second-order valence-electron chi connectivity index (χ2n) is 2.14. The van der Waals surface area contributed by atoms with Gasteiger partial charge in [0.15, 0.2) is 5.69 Å². The highest BCUT2D eigenvalue weighted by Gasteiger charge is 2.06. The maximum absolute atomic E-state index is 10.5. The number of terminal acetylenes is 1. The molecule has 0 aromatic carbocycles. The Labute approximate surface area is 69.3 Å². The molecule has 0 fully saturated rings. The Morgan fingerprint density at radius 1 is 1.67 bits per heavy atom. The maximum atomic E-state index is 10.5. The first kappa shape index (κ1) is 8.21. The zero-order chi connectivity index (χ0) is 9.14. The summed E-state index contributed by atoms with van der Waals surface area (Å²) >= 11 is 0. The van der Waals surface area contributed by atoms with Crippen molar-refractivity contribution >= 4 is 5.97 Å². The van der Waals surface area contributed by atoms with Crippen molar-refractivity contribution in [2.24, 2.45) is 0 Å². The molecule has 0 aliphatic rings. The van der Waals surface area contributed by atoms with E-state index in [0.717, 1.165) is 0 Å². The number of hydrogen-bond donors (Lipinski definition) is 1. The zero-order valence-electron chi connectivity index (χ0n) is 6.40. The average Bonchev–Trinajstić information content (AvgIpc) is 2.03. The number of carboxylic acids is 1. The van der Waals surface area contributed by atoms with Crippen LogP contribution in [0.25, 0.3) is 0 Å². The zero-order valence-corrected chi connectivity index (χ0v) is 6.40. The summed E-state index contributed by atoms with van der Waals surface area (Å²) in [5, 5.41) is 8.57. The fourth-order valence-electron chi connectivity index (χ4n) is 0.751. The Bertz CT molecular complexity index is 366. The molecule has 4 heteroatoms. The fraction of sp³-hybridized carbons (Fsp3) is 0.125. The molecule has 1 aromatic rings. The third kappa shape index (κ3) is 1.58. The lowest BCUT2D eigenvalue weighted by Crippen LogP contribution is -2.04. The lowest BCUT2D eigenvalue weighted by molar-refractivity contribution is 0.0690. The minimum atomic E-state index is -1.10. The molecular weight excluding hydrogens is 156 g/mol. The SMILES string of the molecule is C#Cc1cc(C(=O)O)nc(C)n1. The van der Waals surface area contributed by atoms with Crippen LogP contribution in [-0.4, -0.2) is 21.0 Å². The van der Waals surface area contributed by atoms with Crippen molar-refractivity contribution in [3.63, 3.8) is 0 Å². The fourth-order valence-corrected chi connectivity index (χ4v) is 0.751. The Balaban J connectivity index is 3.26. The molecular formula is C8H6N2O2. The largest absolute Gasteiger partial charge is 0.477 e. The van der Waals surface area contributed by atoms with Crippen molar-refractivity contribution in [1.29, 1.82) is 0 Å². The van der Waals surface area contributed by atoms with Gasteiger partial charge in [0.1, 0.15) is 11.5 Å². The molecule has 0 saturated heterocycles. The summed E-state index contributed by atoms with van der Waals surface area (Å²) < 4.78 is 0. The van der Waals surface area contributed by atoms with Crippen LogP contribution in [0.3, 0.4) is 0 Å². The number of aryl methyl sites for hydroxylation is 1. The first-order valence-corrected chi connectivity index (χ1v) is 3.19. The molecule has 1 aromatic heterocycles. The number of carbonyl (C=O) groups is 1. The van der Waals surface area contributed by atoms with Gasteiger partial charge < -0.3 is 5.11 Å². The molecule has 1 N–H and O–H groups in total.